The number of nitrogens with one attached hydrogen (secondary N) is 1. The van der Waals surface area contributed by atoms with Crippen LogP contribution in [-0.2, 0) is 12.3 Å². The van der Waals surface area contributed by atoms with E-state index < -0.39 is 0 Å². The highest BCUT2D eigenvalue weighted by Gasteiger charge is 2.07. The third-order valence-corrected chi connectivity index (χ3v) is 3.52. The highest BCUT2D eigenvalue weighted by atomic mass is 32.2. The average molecular weight is 277 g/mol. The molecule has 1 heterocycles. The van der Waals surface area contributed by atoms with Crippen LogP contribution in [0.2, 0.25) is 0 Å². The minimum Gasteiger partial charge on any atom is -0.338 e. The van der Waals surface area contributed by atoms with Crippen molar-refractivity contribution in [1.82, 2.24) is 15.5 Å². The van der Waals surface area contributed by atoms with Gasteiger partial charge in [-0.25, -0.2) is 0 Å². The molecule has 0 fully saturated rings. The first-order valence-electron chi connectivity index (χ1n) is 6.38. The van der Waals surface area contributed by atoms with Gasteiger partial charge in [-0.3, -0.25) is 0 Å². The fraction of sp³-hybridized carbons (Fsp3) is 0.429. The number of benzene rings is 1. The van der Waals surface area contributed by atoms with Crippen LogP contribution in [0.4, 0.5) is 0 Å². The molecule has 4 nitrogen and oxygen atoms in total. The summed E-state index contributed by atoms with van der Waals surface area (Å²) < 4.78 is 5.19. The van der Waals surface area contributed by atoms with E-state index in [4.69, 9.17) is 4.52 Å². The second-order valence-corrected chi connectivity index (χ2v) is 5.79. The van der Waals surface area contributed by atoms with Gasteiger partial charge in [0.2, 0.25) is 5.89 Å². The van der Waals surface area contributed by atoms with Gasteiger partial charge in [0, 0.05) is 10.9 Å². The summed E-state index contributed by atoms with van der Waals surface area (Å²) in [5.74, 6) is 2.12. The maximum Gasteiger partial charge on any atom is 0.240 e. The van der Waals surface area contributed by atoms with Crippen LogP contribution in [0.25, 0.3) is 0 Å². The molecular formula is C14H19N3OS. The van der Waals surface area contributed by atoms with Crippen LogP contribution >= 0.6 is 11.8 Å². The lowest BCUT2D eigenvalue weighted by Gasteiger charge is -2.02. The van der Waals surface area contributed by atoms with Crippen LogP contribution in [0, 0.1) is 6.92 Å². The molecule has 1 aromatic heterocycles. The van der Waals surface area contributed by atoms with Gasteiger partial charge in [-0.15, -0.1) is 11.8 Å². The smallest absolute Gasteiger partial charge is 0.240 e. The Morgan fingerprint density at radius 1 is 1.37 bits per heavy atom. The van der Waals surface area contributed by atoms with E-state index in [0.29, 0.717) is 18.5 Å². The van der Waals surface area contributed by atoms with Gasteiger partial charge in [0.15, 0.2) is 5.82 Å². The molecule has 0 aliphatic carbocycles. The molecule has 1 aromatic carbocycles. The van der Waals surface area contributed by atoms with E-state index in [-0.39, 0.29) is 0 Å². The van der Waals surface area contributed by atoms with Crippen molar-refractivity contribution in [2.24, 2.45) is 0 Å². The van der Waals surface area contributed by atoms with Gasteiger partial charge in [-0.05, 0) is 19.1 Å². The topological polar surface area (TPSA) is 51.0 Å². The van der Waals surface area contributed by atoms with Crippen LogP contribution in [0.1, 0.15) is 31.1 Å². The monoisotopic (exact) mass is 277 g/mol. The van der Waals surface area contributed by atoms with Crippen molar-refractivity contribution in [3.63, 3.8) is 0 Å². The first-order chi connectivity index (χ1) is 9.13. The lowest BCUT2D eigenvalue weighted by molar-refractivity contribution is 0.358. The molecule has 19 heavy (non-hydrogen) atoms. The maximum atomic E-state index is 5.19. The average Bonchev–Trinajstić information content (AvgIpc) is 2.82. The molecule has 102 valence electrons. The highest BCUT2D eigenvalue weighted by Crippen LogP contribution is 2.22. The molecule has 5 heteroatoms. The number of aryl methyl sites for hydroxylation is 1. The third kappa shape index (κ3) is 4.69. The van der Waals surface area contributed by atoms with Crippen molar-refractivity contribution < 1.29 is 4.52 Å². The Labute approximate surface area is 118 Å². The molecule has 0 radical (unpaired) electrons. The molecule has 0 unspecified atom stereocenters. The summed E-state index contributed by atoms with van der Waals surface area (Å²) in [6.07, 6.45) is 0. The van der Waals surface area contributed by atoms with Gasteiger partial charge in [-0.2, -0.15) is 4.98 Å². The zero-order chi connectivity index (χ0) is 13.7. The molecule has 0 aliphatic heterocycles. The van der Waals surface area contributed by atoms with Crippen molar-refractivity contribution >= 4 is 11.8 Å². The Kier molecular flexibility index (Phi) is 4.99. The molecule has 0 spiro atoms. The third-order valence-electron chi connectivity index (χ3n) is 2.53. The van der Waals surface area contributed by atoms with E-state index >= 15 is 0 Å². The number of thioether (sulfide) groups is 1. The summed E-state index contributed by atoms with van der Waals surface area (Å²) in [5, 5.41) is 7.24. The van der Waals surface area contributed by atoms with Crippen molar-refractivity contribution in [3.05, 3.63) is 41.5 Å². The van der Waals surface area contributed by atoms with Crippen molar-refractivity contribution in [2.75, 3.05) is 0 Å². The van der Waals surface area contributed by atoms with E-state index in [0.717, 1.165) is 11.6 Å². The number of nitrogens with zero attached hydrogens (tertiary/aromatic N) is 2. The summed E-state index contributed by atoms with van der Waals surface area (Å²) in [5.41, 5.74) is 1.26. The molecule has 2 aromatic rings. The SMILES string of the molecule is Cc1cccc(SCc2noc(CNC(C)C)n2)c1. The first-order valence-corrected chi connectivity index (χ1v) is 7.36. The van der Waals surface area contributed by atoms with E-state index in [2.05, 4.69) is 60.5 Å². The van der Waals surface area contributed by atoms with Crippen molar-refractivity contribution in [2.45, 2.75) is 44.0 Å². The lowest BCUT2D eigenvalue weighted by Crippen LogP contribution is -2.21. The standard InChI is InChI=1S/C14H19N3OS/c1-10(2)15-8-14-16-13(17-18-14)9-19-12-6-4-5-11(3)7-12/h4-7,10,15H,8-9H2,1-3H3. The minimum absolute atomic E-state index is 0.414. The number of hydrogen-bond acceptors (Lipinski definition) is 5. The predicted octanol–water partition coefficient (Wildman–Crippen LogP) is 3.17. The Balaban J connectivity index is 1.86. The molecule has 1 N–H and O–H groups in total. The second kappa shape index (κ2) is 6.73. The van der Waals surface area contributed by atoms with Crippen LogP contribution in [-0.4, -0.2) is 16.2 Å². The van der Waals surface area contributed by atoms with Gasteiger partial charge in [0.05, 0.1) is 12.3 Å². The van der Waals surface area contributed by atoms with Gasteiger partial charge in [0.25, 0.3) is 0 Å². The predicted molar refractivity (Wildman–Crippen MR) is 77.0 cm³/mol. The molecule has 0 saturated carbocycles. The lowest BCUT2D eigenvalue weighted by atomic mass is 10.2. The van der Waals surface area contributed by atoms with Gasteiger partial charge in [0.1, 0.15) is 0 Å². The van der Waals surface area contributed by atoms with Gasteiger partial charge in [-0.1, -0.05) is 36.7 Å². The number of rotatable bonds is 6. The van der Waals surface area contributed by atoms with E-state index in [9.17, 15) is 0 Å². The first kappa shape index (κ1) is 14.1. The van der Waals surface area contributed by atoms with Gasteiger partial charge < -0.3 is 9.84 Å². The zero-order valence-corrected chi connectivity index (χ0v) is 12.3. The Hall–Kier alpha value is -1.33. The molecule has 2 rings (SSSR count). The fourth-order valence-electron chi connectivity index (χ4n) is 1.57. The van der Waals surface area contributed by atoms with Crippen molar-refractivity contribution in [3.8, 4) is 0 Å². The van der Waals surface area contributed by atoms with Gasteiger partial charge >= 0.3 is 0 Å². The van der Waals surface area contributed by atoms with E-state index in [1.165, 1.54) is 10.5 Å². The summed E-state index contributed by atoms with van der Waals surface area (Å²) in [6, 6.07) is 8.82. The summed E-state index contributed by atoms with van der Waals surface area (Å²) in [7, 11) is 0. The Bertz CT molecular complexity index is 525. The molecule has 0 bridgehead atoms. The fourth-order valence-corrected chi connectivity index (χ4v) is 2.42. The molecule has 0 aliphatic rings. The second-order valence-electron chi connectivity index (χ2n) is 4.75. The molecular weight excluding hydrogens is 258 g/mol. The van der Waals surface area contributed by atoms with Crippen LogP contribution in [0.15, 0.2) is 33.7 Å². The number of hydrogen-bond donors (Lipinski definition) is 1. The number of aromatic nitrogens is 2. The quantitative estimate of drug-likeness (QED) is 0.822. The molecule has 0 saturated heterocycles. The Morgan fingerprint density at radius 2 is 2.21 bits per heavy atom. The van der Waals surface area contributed by atoms with E-state index in [1.54, 1.807) is 11.8 Å². The molecule has 0 atom stereocenters. The minimum atomic E-state index is 0.414. The highest BCUT2D eigenvalue weighted by molar-refractivity contribution is 7.98. The largest absolute Gasteiger partial charge is 0.338 e. The van der Waals surface area contributed by atoms with Crippen molar-refractivity contribution in [1.29, 1.82) is 0 Å². The maximum absolute atomic E-state index is 5.19. The van der Waals surface area contributed by atoms with Crippen LogP contribution < -0.4 is 5.32 Å². The normalized spacial score (nSPS) is 11.2. The summed E-state index contributed by atoms with van der Waals surface area (Å²) in [4.78, 5) is 5.59. The molecule has 0 amide bonds. The summed E-state index contributed by atoms with van der Waals surface area (Å²) in [6.45, 7) is 6.89. The van der Waals surface area contributed by atoms with Crippen LogP contribution in [0.3, 0.4) is 0 Å². The zero-order valence-electron chi connectivity index (χ0n) is 11.5. The van der Waals surface area contributed by atoms with E-state index in [1.807, 2.05) is 0 Å². The Morgan fingerprint density at radius 3 is 2.95 bits per heavy atom. The summed E-state index contributed by atoms with van der Waals surface area (Å²) >= 11 is 1.72. The van der Waals surface area contributed by atoms with Crippen LogP contribution in [0.5, 0.6) is 0 Å².